The highest BCUT2D eigenvalue weighted by Crippen LogP contribution is 2.18. The molecule has 0 bridgehead atoms. The molecule has 0 amide bonds. The molecule has 0 heterocycles. The maximum absolute atomic E-state index is 5.80. The Labute approximate surface area is 126 Å². The smallest absolute Gasteiger partial charge is 0.119 e. The highest BCUT2D eigenvalue weighted by Gasteiger charge is 2.13. The van der Waals surface area contributed by atoms with Crippen molar-refractivity contribution in [3.63, 3.8) is 0 Å². The number of benzene rings is 1. The monoisotopic (exact) mass is 327 g/mol. The van der Waals surface area contributed by atoms with Gasteiger partial charge in [-0.05, 0) is 49.1 Å². The van der Waals surface area contributed by atoms with Crippen LogP contribution in [0, 0.1) is 11.8 Å². The van der Waals surface area contributed by atoms with Crippen molar-refractivity contribution in [3.8, 4) is 5.75 Å². The lowest BCUT2D eigenvalue weighted by molar-refractivity contribution is 0.241. The van der Waals surface area contributed by atoms with Gasteiger partial charge in [0.05, 0.1) is 6.61 Å². The van der Waals surface area contributed by atoms with E-state index in [1.165, 1.54) is 0 Å². The van der Waals surface area contributed by atoms with Crippen LogP contribution in [-0.4, -0.2) is 19.2 Å². The SMILES string of the molecule is CC(C)NCC(CCOc1ccc(Br)cc1)C(C)C. The summed E-state index contributed by atoms with van der Waals surface area (Å²) >= 11 is 3.43. The van der Waals surface area contributed by atoms with Crippen molar-refractivity contribution < 1.29 is 4.74 Å². The summed E-state index contributed by atoms with van der Waals surface area (Å²) in [6.07, 6.45) is 1.09. The number of nitrogens with one attached hydrogen (secondary N) is 1. The molecule has 1 atom stereocenters. The van der Waals surface area contributed by atoms with Gasteiger partial charge >= 0.3 is 0 Å². The fourth-order valence-corrected chi connectivity index (χ4v) is 2.18. The molecule has 0 spiro atoms. The predicted molar refractivity (Wildman–Crippen MR) is 85.7 cm³/mol. The Morgan fingerprint density at radius 3 is 2.26 bits per heavy atom. The van der Waals surface area contributed by atoms with Crippen LogP contribution in [0.2, 0.25) is 0 Å². The first-order valence-corrected chi connectivity index (χ1v) is 7.90. The molecule has 0 fully saturated rings. The average Bonchev–Trinajstić information content (AvgIpc) is 2.35. The summed E-state index contributed by atoms with van der Waals surface area (Å²) in [7, 11) is 0. The first-order chi connectivity index (χ1) is 8.99. The van der Waals surface area contributed by atoms with Crippen LogP contribution in [0.3, 0.4) is 0 Å². The van der Waals surface area contributed by atoms with E-state index in [1.807, 2.05) is 24.3 Å². The molecule has 1 rings (SSSR count). The summed E-state index contributed by atoms with van der Waals surface area (Å²) in [5.41, 5.74) is 0. The van der Waals surface area contributed by atoms with Gasteiger partial charge in [-0.3, -0.25) is 0 Å². The first-order valence-electron chi connectivity index (χ1n) is 7.10. The lowest BCUT2D eigenvalue weighted by Gasteiger charge is -2.22. The third-order valence-electron chi connectivity index (χ3n) is 3.30. The zero-order valence-electron chi connectivity index (χ0n) is 12.4. The van der Waals surface area contributed by atoms with Crippen molar-refractivity contribution in [2.24, 2.45) is 11.8 Å². The molecule has 0 saturated heterocycles. The fourth-order valence-electron chi connectivity index (χ4n) is 1.92. The molecule has 0 radical (unpaired) electrons. The van der Waals surface area contributed by atoms with E-state index in [1.54, 1.807) is 0 Å². The summed E-state index contributed by atoms with van der Waals surface area (Å²) in [4.78, 5) is 0. The Morgan fingerprint density at radius 2 is 1.74 bits per heavy atom. The zero-order chi connectivity index (χ0) is 14.3. The van der Waals surface area contributed by atoms with Gasteiger partial charge in [0.25, 0.3) is 0 Å². The first kappa shape index (κ1) is 16.5. The zero-order valence-corrected chi connectivity index (χ0v) is 14.0. The number of halogens is 1. The summed E-state index contributed by atoms with van der Waals surface area (Å²) in [6.45, 7) is 10.8. The minimum Gasteiger partial charge on any atom is -0.494 e. The summed E-state index contributed by atoms with van der Waals surface area (Å²) < 4.78 is 6.88. The Morgan fingerprint density at radius 1 is 1.11 bits per heavy atom. The molecule has 0 aliphatic rings. The highest BCUT2D eigenvalue weighted by atomic mass is 79.9. The van der Waals surface area contributed by atoms with Crippen molar-refractivity contribution >= 4 is 15.9 Å². The van der Waals surface area contributed by atoms with Crippen LogP contribution in [0.1, 0.15) is 34.1 Å². The second-order valence-electron chi connectivity index (χ2n) is 5.66. The molecule has 1 N–H and O–H groups in total. The minimum absolute atomic E-state index is 0.550. The number of ether oxygens (including phenoxy) is 1. The second kappa shape index (κ2) is 8.60. The molecule has 0 aliphatic heterocycles. The summed E-state index contributed by atoms with van der Waals surface area (Å²) in [5, 5.41) is 3.52. The lowest BCUT2D eigenvalue weighted by atomic mass is 9.92. The van der Waals surface area contributed by atoms with Gasteiger partial charge in [-0.2, -0.15) is 0 Å². The van der Waals surface area contributed by atoms with Gasteiger partial charge in [-0.15, -0.1) is 0 Å². The standard InChI is InChI=1S/C16H26BrNO/c1-12(2)14(11-18-13(3)4)9-10-19-16-7-5-15(17)6-8-16/h5-8,12-14,18H,9-11H2,1-4H3. The van der Waals surface area contributed by atoms with E-state index in [2.05, 4.69) is 48.9 Å². The maximum atomic E-state index is 5.80. The van der Waals surface area contributed by atoms with Crippen LogP contribution < -0.4 is 10.1 Å². The number of hydrogen-bond acceptors (Lipinski definition) is 2. The van der Waals surface area contributed by atoms with Gasteiger partial charge in [0, 0.05) is 10.5 Å². The van der Waals surface area contributed by atoms with E-state index in [0.29, 0.717) is 17.9 Å². The van der Waals surface area contributed by atoms with Crippen LogP contribution in [0.15, 0.2) is 28.7 Å². The van der Waals surface area contributed by atoms with E-state index in [0.717, 1.165) is 29.8 Å². The molecule has 2 nitrogen and oxygen atoms in total. The second-order valence-corrected chi connectivity index (χ2v) is 6.57. The van der Waals surface area contributed by atoms with E-state index < -0.39 is 0 Å². The maximum Gasteiger partial charge on any atom is 0.119 e. The molecule has 19 heavy (non-hydrogen) atoms. The van der Waals surface area contributed by atoms with Crippen LogP contribution in [-0.2, 0) is 0 Å². The van der Waals surface area contributed by atoms with E-state index >= 15 is 0 Å². The third-order valence-corrected chi connectivity index (χ3v) is 3.83. The van der Waals surface area contributed by atoms with Gasteiger partial charge in [0.2, 0.25) is 0 Å². The van der Waals surface area contributed by atoms with Gasteiger partial charge < -0.3 is 10.1 Å². The Bertz CT molecular complexity index is 348. The predicted octanol–water partition coefficient (Wildman–Crippen LogP) is 4.49. The van der Waals surface area contributed by atoms with Crippen molar-refractivity contribution in [1.82, 2.24) is 5.32 Å². The van der Waals surface area contributed by atoms with Crippen LogP contribution in [0.4, 0.5) is 0 Å². The summed E-state index contributed by atoms with van der Waals surface area (Å²) in [6, 6.07) is 8.57. The van der Waals surface area contributed by atoms with Gasteiger partial charge in [0.15, 0.2) is 0 Å². The summed E-state index contributed by atoms with van der Waals surface area (Å²) in [5.74, 6) is 2.29. The van der Waals surface area contributed by atoms with E-state index in [4.69, 9.17) is 4.74 Å². The molecule has 108 valence electrons. The van der Waals surface area contributed by atoms with Gasteiger partial charge in [-0.25, -0.2) is 0 Å². The Kier molecular flexibility index (Phi) is 7.47. The average molecular weight is 328 g/mol. The molecular formula is C16H26BrNO. The van der Waals surface area contributed by atoms with Crippen molar-refractivity contribution in [2.75, 3.05) is 13.2 Å². The van der Waals surface area contributed by atoms with Crippen molar-refractivity contribution in [2.45, 2.75) is 40.2 Å². The Balaban J connectivity index is 2.33. The normalized spacial score (nSPS) is 13.0. The molecule has 0 saturated carbocycles. The Hall–Kier alpha value is -0.540. The molecule has 0 aliphatic carbocycles. The van der Waals surface area contributed by atoms with Gasteiger partial charge in [0.1, 0.15) is 5.75 Å². The lowest BCUT2D eigenvalue weighted by Crippen LogP contribution is -2.32. The van der Waals surface area contributed by atoms with E-state index in [9.17, 15) is 0 Å². The van der Waals surface area contributed by atoms with Crippen molar-refractivity contribution in [3.05, 3.63) is 28.7 Å². The molecule has 1 aromatic carbocycles. The molecule has 3 heteroatoms. The molecule has 1 unspecified atom stereocenters. The molecule has 1 aromatic rings. The van der Waals surface area contributed by atoms with E-state index in [-0.39, 0.29) is 0 Å². The highest BCUT2D eigenvalue weighted by molar-refractivity contribution is 9.10. The van der Waals surface area contributed by atoms with Gasteiger partial charge in [-0.1, -0.05) is 43.6 Å². The molecule has 0 aromatic heterocycles. The quantitative estimate of drug-likeness (QED) is 0.759. The van der Waals surface area contributed by atoms with Crippen LogP contribution in [0.5, 0.6) is 5.75 Å². The topological polar surface area (TPSA) is 21.3 Å². The van der Waals surface area contributed by atoms with Crippen LogP contribution in [0.25, 0.3) is 0 Å². The largest absolute Gasteiger partial charge is 0.494 e. The number of hydrogen-bond donors (Lipinski definition) is 1. The van der Waals surface area contributed by atoms with Crippen LogP contribution >= 0.6 is 15.9 Å². The number of rotatable bonds is 8. The minimum atomic E-state index is 0.550. The fraction of sp³-hybridized carbons (Fsp3) is 0.625. The molecular weight excluding hydrogens is 302 g/mol. The third kappa shape index (κ3) is 6.98. The van der Waals surface area contributed by atoms with Crippen molar-refractivity contribution in [1.29, 1.82) is 0 Å².